The van der Waals surface area contributed by atoms with Crippen molar-refractivity contribution in [3.8, 4) is 0 Å². The Morgan fingerprint density at radius 3 is 2.45 bits per heavy atom. The molecule has 0 aromatic heterocycles. The zero-order valence-electron chi connectivity index (χ0n) is 15.7. The zero-order chi connectivity index (χ0) is 16.8. The minimum Gasteiger partial charge on any atom is -0.103 e. The van der Waals surface area contributed by atoms with Gasteiger partial charge >= 0.3 is 0 Å². The summed E-state index contributed by atoms with van der Waals surface area (Å²) < 4.78 is 0. The molecule has 0 heteroatoms. The first kappa shape index (κ1) is 19.0. The number of hydrogen-bond acceptors (Lipinski definition) is 0. The maximum atomic E-state index is 3.98. The second-order valence-electron chi connectivity index (χ2n) is 7.54. The summed E-state index contributed by atoms with van der Waals surface area (Å²) in [7, 11) is 0. The van der Waals surface area contributed by atoms with E-state index in [0.717, 1.165) is 5.92 Å². The molecule has 2 atom stereocenters. The van der Waals surface area contributed by atoms with E-state index in [1.165, 1.54) is 37.7 Å². The van der Waals surface area contributed by atoms with Gasteiger partial charge < -0.3 is 0 Å². The van der Waals surface area contributed by atoms with Gasteiger partial charge in [0.05, 0.1) is 0 Å². The Morgan fingerprint density at radius 1 is 1.23 bits per heavy atom. The first-order valence-corrected chi connectivity index (χ1v) is 9.08. The highest BCUT2D eigenvalue weighted by molar-refractivity contribution is 5.39. The number of benzene rings is 1. The summed E-state index contributed by atoms with van der Waals surface area (Å²) in [5.74, 6) is 1.38. The molecule has 0 nitrogen and oxygen atoms in total. The van der Waals surface area contributed by atoms with Crippen LogP contribution in [0.2, 0.25) is 0 Å². The lowest BCUT2D eigenvalue weighted by Gasteiger charge is -2.31. The van der Waals surface area contributed by atoms with E-state index < -0.39 is 0 Å². The number of allylic oxidation sites excluding steroid dienone is 1. The lowest BCUT2D eigenvalue weighted by Crippen LogP contribution is -2.22. The molecule has 1 aromatic rings. The highest BCUT2D eigenvalue weighted by Gasteiger charge is 2.25. The molecule has 2 unspecified atom stereocenters. The average molecular weight is 301 g/mol. The maximum Gasteiger partial charge on any atom is -0.0101 e. The van der Waals surface area contributed by atoms with Gasteiger partial charge in [0.25, 0.3) is 0 Å². The fourth-order valence-electron chi connectivity index (χ4n) is 3.63. The van der Waals surface area contributed by atoms with E-state index >= 15 is 0 Å². The van der Waals surface area contributed by atoms with Crippen LogP contribution in [0.4, 0.5) is 0 Å². The van der Waals surface area contributed by atoms with Gasteiger partial charge in [0.15, 0.2) is 0 Å². The van der Waals surface area contributed by atoms with E-state index in [2.05, 4.69) is 72.4 Å². The van der Waals surface area contributed by atoms with Crippen LogP contribution in [0.15, 0.2) is 30.9 Å². The molecular weight excluding hydrogens is 264 g/mol. The Bertz CT molecular complexity index is 467. The van der Waals surface area contributed by atoms with Gasteiger partial charge in [0, 0.05) is 0 Å². The molecule has 22 heavy (non-hydrogen) atoms. The van der Waals surface area contributed by atoms with Crippen molar-refractivity contribution in [2.24, 2.45) is 11.8 Å². The SMILES string of the molecule is C=CC(C)C(CC)CCC(C)(C)c1cccc(C)c1CCC. The molecule has 0 radical (unpaired) electrons. The van der Waals surface area contributed by atoms with Crippen molar-refractivity contribution in [3.05, 3.63) is 47.5 Å². The van der Waals surface area contributed by atoms with Crippen LogP contribution in [-0.2, 0) is 11.8 Å². The van der Waals surface area contributed by atoms with Crippen LogP contribution >= 0.6 is 0 Å². The Morgan fingerprint density at radius 2 is 1.91 bits per heavy atom. The molecule has 0 aliphatic carbocycles. The summed E-state index contributed by atoms with van der Waals surface area (Å²) in [4.78, 5) is 0. The number of hydrogen-bond donors (Lipinski definition) is 0. The maximum absolute atomic E-state index is 3.98. The largest absolute Gasteiger partial charge is 0.103 e. The third-order valence-electron chi connectivity index (χ3n) is 5.42. The molecule has 0 heterocycles. The molecule has 0 bridgehead atoms. The van der Waals surface area contributed by atoms with Crippen molar-refractivity contribution >= 4 is 0 Å². The standard InChI is InChI=1S/C22H36/c1-8-12-20-18(5)13-11-14-21(20)22(6,7)16-15-19(10-3)17(4)9-2/h9,11,13-14,17,19H,2,8,10,12,15-16H2,1,3-7H3. The van der Waals surface area contributed by atoms with Crippen LogP contribution in [0.3, 0.4) is 0 Å². The predicted molar refractivity (Wildman–Crippen MR) is 101 cm³/mol. The number of aryl methyl sites for hydroxylation is 1. The van der Waals surface area contributed by atoms with Crippen molar-refractivity contribution in [1.82, 2.24) is 0 Å². The molecule has 0 saturated carbocycles. The van der Waals surface area contributed by atoms with Crippen molar-refractivity contribution in [1.29, 1.82) is 0 Å². The van der Waals surface area contributed by atoms with Gasteiger partial charge in [-0.25, -0.2) is 0 Å². The molecule has 0 fully saturated rings. The van der Waals surface area contributed by atoms with E-state index in [9.17, 15) is 0 Å². The minimum atomic E-state index is 0.255. The first-order chi connectivity index (χ1) is 10.4. The second kappa shape index (κ2) is 8.56. The quantitative estimate of drug-likeness (QED) is 0.437. The normalized spacial score (nSPS) is 14.6. The van der Waals surface area contributed by atoms with Gasteiger partial charge in [-0.2, -0.15) is 0 Å². The zero-order valence-corrected chi connectivity index (χ0v) is 15.7. The van der Waals surface area contributed by atoms with Crippen LogP contribution in [0.25, 0.3) is 0 Å². The molecule has 0 aliphatic heterocycles. The fraction of sp³-hybridized carbons (Fsp3) is 0.636. The highest BCUT2D eigenvalue weighted by atomic mass is 14.3. The molecule has 1 rings (SSSR count). The number of rotatable bonds is 9. The fourth-order valence-corrected chi connectivity index (χ4v) is 3.63. The highest BCUT2D eigenvalue weighted by Crippen LogP contribution is 2.36. The van der Waals surface area contributed by atoms with Gasteiger partial charge in [-0.3, -0.25) is 0 Å². The Labute approximate surface area is 139 Å². The molecule has 0 amide bonds. The van der Waals surface area contributed by atoms with Crippen LogP contribution in [0, 0.1) is 18.8 Å². The summed E-state index contributed by atoms with van der Waals surface area (Å²) in [6.07, 6.45) is 8.33. The molecule has 0 spiro atoms. The average Bonchev–Trinajstić information content (AvgIpc) is 2.49. The summed E-state index contributed by atoms with van der Waals surface area (Å²) in [5, 5.41) is 0. The first-order valence-electron chi connectivity index (χ1n) is 9.08. The molecule has 0 aliphatic rings. The summed E-state index contributed by atoms with van der Waals surface area (Å²) in [5.41, 5.74) is 4.86. The Balaban J connectivity index is 2.94. The third kappa shape index (κ3) is 4.73. The van der Waals surface area contributed by atoms with Crippen molar-refractivity contribution in [2.75, 3.05) is 0 Å². The molecule has 1 aromatic carbocycles. The lowest BCUT2D eigenvalue weighted by atomic mass is 9.73. The summed E-state index contributed by atoms with van der Waals surface area (Å²) >= 11 is 0. The van der Waals surface area contributed by atoms with E-state index in [4.69, 9.17) is 0 Å². The van der Waals surface area contributed by atoms with Crippen molar-refractivity contribution < 1.29 is 0 Å². The summed E-state index contributed by atoms with van der Waals surface area (Å²) in [6, 6.07) is 6.85. The van der Waals surface area contributed by atoms with Crippen LogP contribution in [0.1, 0.15) is 77.0 Å². The smallest absolute Gasteiger partial charge is 0.0101 e. The van der Waals surface area contributed by atoms with Crippen molar-refractivity contribution in [2.45, 2.75) is 79.1 Å². The monoisotopic (exact) mass is 300 g/mol. The minimum absolute atomic E-state index is 0.255. The predicted octanol–water partition coefficient (Wildman–Crippen LogP) is 6.85. The topological polar surface area (TPSA) is 0 Å². The third-order valence-corrected chi connectivity index (χ3v) is 5.42. The van der Waals surface area contributed by atoms with Gasteiger partial charge in [-0.05, 0) is 60.1 Å². The molecular formula is C22H36. The van der Waals surface area contributed by atoms with Gasteiger partial charge in [-0.1, -0.05) is 71.7 Å². The van der Waals surface area contributed by atoms with Gasteiger partial charge in [0.1, 0.15) is 0 Å². The van der Waals surface area contributed by atoms with Crippen LogP contribution in [-0.4, -0.2) is 0 Å². The molecule has 0 saturated heterocycles. The van der Waals surface area contributed by atoms with E-state index in [-0.39, 0.29) is 5.41 Å². The van der Waals surface area contributed by atoms with E-state index in [0.29, 0.717) is 5.92 Å². The van der Waals surface area contributed by atoms with Crippen LogP contribution < -0.4 is 0 Å². The van der Waals surface area contributed by atoms with E-state index in [1.54, 1.807) is 11.1 Å². The summed E-state index contributed by atoms with van der Waals surface area (Å²) in [6.45, 7) is 18.0. The Kier molecular flexibility index (Phi) is 7.39. The van der Waals surface area contributed by atoms with Crippen LogP contribution in [0.5, 0.6) is 0 Å². The molecule has 0 N–H and O–H groups in total. The van der Waals surface area contributed by atoms with Crippen molar-refractivity contribution in [3.63, 3.8) is 0 Å². The second-order valence-corrected chi connectivity index (χ2v) is 7.54. The lowest BCUT2D eigenvalue weighted by molar-refractivity contribution is 0.325. The Hall–Kier alpha value is -1.04. The van der Waals surface area contributed by atoms with Gasteiger partial charge in [0.2, 0.25) is 0 Å². The molecule has 124 valence electrons. The van der Waals surface area contributed by atoms with E-state index in [1.807, 2.05) is 0 Å². The van der Waals surface area contributed by atoms with Gasteiger partial charge in [-0.15, -0.1) is 6.58 Å².